The van der Waals surface area contributed by atoms with Crippen LogP contribution in [0, 0.1) is 0 Å². The van der Waals surface area contributed by atoms with E-state index in [1.165, 1.54) is 10.6 Å². The fourth-order valence-corrected chi connectivity index (χ4v) is 3.78. The first-order valence-corrected chi connectivity index (χ1v) is 7.28. The van der Waals surface area contributed by atoms with Gasteiger partial charge in [-0.2, -0.15) is 0 Å². The van der Waals surface area contributed by atoms with Crippen molar-refractivity contribution in [3.8, 4) is 0 Å². The van der Waals surface area contributed by atoms with E-state index < -0.39 is 0 Å². The van der Waals surface area contributed by atoms with Crippen LogP contribution in [0.4, 0.5) is 0 Å². The minimum Gasteiger partial charge on any atom is -0.463 e. The molecule has 1 aromatic carbocycles. The number of hydrogen-bond donors (Lipinski definition) is 0. The molecule has 3 nitrogen and oxygen atoms in total. The molecule has 0 aromatic heterocycles. The summed E-state index contributed by atoms with van der Waals surface area (Å²) in [5.41, 5.74) is 2.35. The zero-order valence-electron chi connectivity index (χ0n) is 10.5. The van der Waals surface area contributed by atoms with Crippen LogP contribution in [0.25, 0.3) is 0 Å². The first kappa shape index (κ1) is 12.4. The molecular weight excluding hydrogens is 258 g/mol. The Hall–Kier alpha value is -1.68. The third-order valence-corrected chi connectivity index (χ3v) is 4.60. The Labute approximate surface area is 116 Å². The maximum atomic E-state index is 10.4. The summed E-state index contributed by atoms with van der Waals surface area (Å²) in [7, 11) is 0. The lowest BCUT2D eigenvalue weighted by molar-refractivity contribution is -0.129. The second-order valence-corrected chi connectivity index (χ2v) is 5.56. The molecule has 2 heterocycles. The molecular formula is C15H15NO2S. The van der Waals surface area contributed by atoms with Crippen LogP contribution in [0.3, 0.4) is 0 Å². The van der Waals surface area contributed by atoms with Gasteiger partial charge in [0.15, 0.2) is 0 Å². The first-order valence-electron chi connectivity index (χ1n) is 6.29. The Kier molecular flexibility index (Phi) is 3.60. The highest BCUT2D eigenvalue weighted by Gasteiger charge is 2.31. The third-order valence-electron chi connectivity index (χ3n) is 3.45. The van der Waals surface area contributed by atoms with Crippen molar-refractivity contribution in [2.75, 3.05) is 12.3 Å². The van der Waals surface area contributed by atoms with Gasteiger partial charge in [-0.15, -0.1) is 11.8 Å². The van der Waals surface area contributed by atoms with Crippen LogP contribution in [0.1, 0.15) is 17.2 Å². The normalized spacial score (nSPS) is 20.9. The zero-order valence-corrected chi connectivity index (χ0v) is 11.3. The number of fused-ring (bicyclic) bond motifs is 1. The molecule has 1 saturated heterocycles. The Morgan fingerprint density at radius 2 is 2.32 bits per heavy atom. The van der Waals surface area contributed by atoms with Crippen LogP contribution in [0.5, 0.6) is 0 Å². The van der Waals surface area contributed by atoms with Crippen molar-refractivity contribution in [2.24, 2.45) is 0 Å². The molecule has 4 heteroatoms. The largest absolute Gasteiger partial charge is 0.463 e. The fourth-order valence-electron chi connectivity index (χ4n) is 2.55. The summed E-state index contributed by atoms with van der Waals surface area (Å²) < 4.78 is 4.92. The molecule has 98 valence electrons. The van der Waals surface area contributed by atoms with Gasteiger partial charge in [-0.3, -0.25) is 4.79 Å². The van der Waals surface area contributed by atoms with E-state index in [1.54, 1.807) is 0 Å². The van der Waals surface area contributed by atoms with E-state index in [4.69, 9.17) is 4.74 Å². The number of carbonyl (C=O) groups excluding carboxylic acids is 1. The summed E-state index contributed by atoms with van der Waals surface area (Å²) in [5, 5.41) is 1.33. The smallest absolute Gasteiger partial charge is 0.293 e. The molecule has 3 rings (SSSR count). The van der Waals surface area contributed by atoms with E-state index in [0.29, 0.717) is 19.1 Å². The predicted octanol–water partition coefficient (Wildman–Crippen LogP) is 2.86. The van der Waals surface area contributed by atoms with Crippen molar-refractivity contribution in [3.05, 3.63) is 58.6 Å². The molecule has 1 atom stereocenters. The lowest BCUT2D eigenvalue weighted by Crippen LogP contribution is -2.25. The van der Waals surface area contributed by atoms with Crippen LogP contribution in [0.15, 0.2) is 47.5 Å². The van der Waals surface area contributed by atoms with Gasteiger partial charge >= 0.3 is 0 Å². The van der Waals surface area contributed by atoms with E-state index in [-0.39, 0.29) is 0 Å². The van der Waals surface area contributed by atoms with Crippen molar-refractivity contribution in [2.45, 2.75) is 12.6 Å². The van der Waals surface area contributed by atoms with Crippen molar-refractivity contribution < 1.29 is 9.53 Å². The minimum atomic E-state index is 0.351. The summed E-state index contributed by atoms with van der Waals surface area (Å²) in [5.74, 6) is 1.05. The summed E-state index contributed by atoms with van der Waals surface area (Å²) in [4.78, 5) is 12.8. The van der Waals surface area contributed by atoms with Gasteiger partial charge in [0.05, 0.1) is 11.1 Å². The average Bonchev–Trinajstić information content (AvgIpc) is 2.89. The van der Waals surface area contributed by atoms with E-state index in [1.807, 2.05) is 30.0 Å². The number of hydrogen-bond acceptors (Lipinski definition) is 4. The molecule has 0 radical (unpaired) electrons. The topological polar surface area (TPSA) is 29.5 Å². The van der Waals surface area contributed by atoms with E-state index >= 15 is 0 Å². The van der Waals surface area contributed by atoms with Gasteiger partial charge in [0.25, 0.3) is 6.47 Å². The number of ether oxygens (including phenoxy) is 1. The first-order chi connectivity index (χ1) is 9.40. The number of carbonyl (C=O) groups is 1. The Morgan fingerprint density at radius 1 is 1.42 bits per heavy atom. The minimum absolute atomic E-state index is 0.351. The highest BCUT2D eigenvalue weighted by Crippen LogP contribution is 2.43. The Bertz CT molecular complexity index is 539. The van der Waals surface area contributed by atoms with E-state index in [2.05, 4.69) is 29.2 Å². The highest BCUT2D eigenvalue weighted by molar-refractivity contribution is 8.03. The molecule has 0 aliphatic carbocycles. The number of nitrogens with zero attached hydrogens (tertiary/aromatic N) is 1. The summed E-state index contributed by atoms with van der Waals surface area (Å²) in [6.07, 6.45) is 6.45. The van der Waals surface area contributed by atoms with Crippen LogP contribution in [-0.2, 0) is 16.1 Å². The maximum Gasteiger partial charge on any atom is 0.293 e. The molecule has 0 N–H and O–H groups in total. The van der Waals surface area contributed by atoms with Gasteiger partial charge in [0.2, 0.25) is 0 Å². The van der Waals surface area contributed by atoms with Gasteiger partial charge in [0, 0.05) is 12.3 Å². The molecule has 19 heavy (non-hydrogen) atoms. The second-order valence-electron chi connectivity index (χ2n) is 4.52. The third kappa shape index (κ3) is 2.40. The predicted molar refractivity (Wildman–Crippen MR) is 76.4 cm³/mol. The molecule has 1 aromatic rings. The SMILES string of the molecule is O=COCc1ccccc1C1CSC2=CC=CCN21. The molecule has 0 spiro atoms. The Balaban J connectivity index is 1.88. The van der Waals surface area contributed by atoms with Gasteiger partial charge in [-0.1, -0.05) is 36.4 Å². The van der Waals surface area contributed by atoms with Crippen molar-refractivity contribution >= 4 is 18.2 Å². The van der Waals surface area contributed by atoms with E-state index in [9.17, 15) is 4.79 Å². The van der Waals surface area contributed by atoms with E-state index in [0.717, 1.165) is 17.9 Å². The zero-order chi connectivity index (χ0) is 13.1. The lowest BCUT2D eigenvalue weighted by Gasteiger charge is -2.28. The van der Waals surface area contributed by atoms with Crippen LogP contribution in [-0.4, -0.2) is 23.7 Å². The van der Waals surface area contributed by atoms with Gasteiger partial charge in [-0.25, -0.2) is 0 Å². The molecule has 2 aliphatic heterocycles. The summed E-state index contributed by atoms with van der Waals surface area (Å²) >= 11 is 1.89. The average molecular weight is 273 g/mol. The monoisotopic (exact) mass is 273 g/mol. The maximum absolute atomic E-state index is 10.4. The van der Waals surface area contributed by atoms with Crippen molar-refractivity contribution in [1.29, 1.82) is 0 Å². The number of rotatable bonds is 4. The highest BCUT2D eigenvalue weighted by atomic mass is 32.2. The van der Waals surface area contributed by atoms with Crippen molar-refractivity contribution in [3.63, 3.8) is 0 Å². The second kappa shape index (κ2) is 5.53. The molecule has 0 amide bonds. The van der Waals surface area contributed by atoms with Crippen LogP contribution in [0.2, 0.25) is 0 Å². The van der Waals surface area contributed by atoms with Crippen LogP contribution >= 0.6 is 11.8 Å². The molecule has 0 bridgehead atoms. The number of thioether (sulfide) groups is 1. The molecule has 0 saturated carbocycles. The number of allylic oxidation sites excluding steroid dienone is 2. The summed E-state index contributed by atoms with van der Waals surface area (Å²) in [6.45, 7) is 1.81. The Morgan fingerprint density at radius 3 is 3.21 bits per heavy atom. The van der Waals surface area contributed by atoms with Gasteiger partial charge in [-0.05, 0) is 17.2 Å². The summed E-state index contributed by atoms with van der Waals surface area (Å²) in [6, 6.07) is 8.57. The lowest BCUT2D eigenvalue weighted by atomic mass is 10.0. The quantitative estimate of drug-likeness (QED) is 0.789. The molecule has 2 aliphatic rings. The van der Waals surface area contributed by atoms with Crippen LogP contribution < -0.4 is 0 Å². The number of benzene rings is 1. The van der Waals surface area contributed by atoms with Crippen molar-refractivity contribution in [1.82, 2.24) is 4.90 Å². The fraction of sp³-hybridized carbons (Fsp3) is 0.267. The molecule has 1 unspecified atom stereocenters. The van der Waals surface area contributed by atoms with Gasteiger partial charge < -0.3 is 9.64 Å². The van der Waals surface area contributed by atoms with Gasteiger partial charge in [0.1, 0.15) is 6.61 Å². The standard InChI is InChI=1S/C15H15NO2S/c17-11-18-9-12-5-1-2-6-13(12)14-10-19-15-7-3-4-8-16(14)15/h1-7,11,14H,8-10H2. The molecule has 1 fully saturated rings.